The average Bonchev–Trinajstić information content (AvgIpc) is 3.13. The van der Waals surface area contributed by atoms with Gasteiger partial charge < -0.3 is 10.2 Å². The van der Waals surface area contributed by atoms with Crippen LogP contribution >= 0.6 is 0 Å². The van der Waals surface area contributed by atoms with E-state index in [-0.39, 0.29) is 24.3 Å². The van der Waals surface area contributed by atoms with Crippen molar-refractivity contribution in [2.24, 2.45) is 0 Å². The van der Waals surface area contributed by atoms with Crippen LogP contribution in [0, 0.1) is 0 Å². The molecule has 6 heteroatoms. The molecule has 3 amide bonds. The SMILES string of the molecule is CC12CCC(=O)N1c1ccccc1C(=O)N2CC(=O)Nc1ccccc1-c1ccccc1. The lowest BCUT2D eigenvalue weighted by Crippen LogP contribution is -2.63. The van der Waals surface area contributed by atoms with E-state index in [1.165, 1.54) is 4.90 Å². The van der Waals surface area contributed by atoms with Crippen molar-refractivity contribution in [2.75, 3.05) is 16.8 Å². The van der Waals surface area contributed by atoms with Crippen molar-refractivity contribution < 1.29 is 14.4 Å². The molecule has 0 bridgehead atoms. The lowest BCUT2D eigenvalue weighted by Gasteiger charge is -2.48. The van der Waals surface area contributed by atoms with E-state index in [1.54, 1.807) is 23.1 Å². The predicted molar refractivity (Wildman–Crippen MR) is 123 cm³/mol. The van der Waals surface area contributed by atoms with Crippen molar-refractivity contribution in [2.45, 2.75) is 25.4 Å². The molecule has 0 spiro atoms. The van der Waals surface area contributed by atoms with Crippen LogP contribution in [0.25, 0.3) is 11.1 Å². The van der Waals surface area contributed by atoms with Crippen LogP contribution in [-0.4, -0.2) is 34.8 Å². The zero-order chi connectivity index (χ0) is 22.3. The molecule has 1 atom stereocenters. The molecule has 160 valence electrons. The molecule has 3 aromatic rings. The summed E-state index contributed by atoms with van der Waals surface area (Å²) >= 11 is 0. The van der Waals surface area contributed by atoms with Crippen molar-refractivity contribution in [1.82, 2.24) is 4.90 Å². The molecule has 1 unspecified atom stereocenters. The number of amides is 3. The summed E-state index contributed by atoms with van der Waals surface area (Å²) in [7, 11) is 0. The Balaban J connectivity index is 1.44. The third-order valence-corrected chi connectivity index (χ3v) is 6.33. The Hall–Kier alpha value is -3.93. The molecule has 0 aliphatic carbocycles. The summed E-state index contributed by atoms with van der Waals surface area (Å²) in [5.41, 5.74) is 2.77. The third-order valence-electron chi connectivity index (χ3n) is 6.33. The van der Waals surface area contributed by atoms with Gasteiger partial charge in [0.05, 0.1) is 11.3 Å². The smallest absolute Gasteiger partial charge is 0.258 e. The highest BCUT2D eigenvalue weighted by molar-refractivity contribution is 6.11. The summed E-state index contributed by atoms with van der Waals surface area (Å²) in [4.78, 5) is 42.4. The molecule has 1 fully saturated rings. The molecule has 2 aliphatic heterocycles. The van der Waals surface area contributed by atoms with Gasteiger partial charge in [-0.3, -0.25) is 19.3 Å². The number of benzene rings is 3. The van der Waals surface area contributed by atoms with E-state index in [2.05, 4.69) is 5.32 Å². The predicted octanol–water partition coefficient (Wildman–Crippen LogP) is 4.29. The molecule has 0 radical (unpaired) electrons. The zero-order valence-electron chi connectivity index (χ0n) is 17.7. The van der Waals surface area contributed by atoms with E-state index in [9.17, 15) is 14.4 Å². The fourth-order valence-electron chi connectivity index (χ4n) is 4.74. The second-order valence-electron chi connectivity index (χ2n) is 8.31. The largest absolute Gasteiger partial charge is 0.324 e. The third kappa shape index (κ3) is 3.15. The van der Waals surface area contributed by atoms with Crippen LogP contribution in [0.2, 0.25) is 0 Å². The average molecular weight is 425 g/mol. The van der Waals surface area contributed by atoms with Gasteiger partial charge in [-0.25, -0.2) is 0 Å². The first kappa shape index (κ1) is 20.0. The topological polar surface area (TPSA) is 69.7 Å². The molecular formula is C26H23N3O3. The van der Waals surface area contributed by atoms with Gasteiger partial charge in [0.2, 0.25) is 11.8 Å². The van der Waals surface area contributed by atoms with Crippen LogP contribution in [-0.2, 0) is 9.59 Å². The standard InChI is InChI=1S/C26H23N3O3/c1-26-16-15-24(31)29(26)22-14-8-6-12-20(22)25(32)28(26)17-23(30)27-21-13-7-5-11-19(21)18-9-3-2-4-10-18/h2-14H,15-17H2,1H3,(H,27,30). The monoisotopic (exact) mass is 425 g/mol. The van der Waals surface area contributed by atoms with E-state index in [0.29, 0.717) is 29.8 Å². The normalized spacial score (nSPS) is 19.5. The molecule has 32 heavy (non-hydrogen) atoms. The van der Waals surface area contributed by atoms with Crippen LogP contribution in [0.1, 0.15) is 30.1 Å². The second-order valence-corrected chi connectivity index (χ2v) is 8.31. The highest BCUT2D eigenvalue weighted by Gasteiger charge is 2.53. The fourth-order valence-corrected chi connectivity index (χ4v) is 4.74. The summed E-state index contributed by atoms with van der Waals surface area (Å²) < 4.78 is 0. The van der Waals surface area contributed by atoms with Crippen LogP contribution in [0.3, 0.4) is 0 Å². The Labute approximate surface area is 186 Å². The van der Waals surface area contributed by atoms with E-state index < -0.39 is 5.66 Å². The maximum atomic E-state index is 13.4. The van der Waals surface area contributed by atoms with Crippen molar-refractivity contribution >= 4 is 29.1 Å². The van der Waals surface area contributed by atoms with Crippen molar-refractivity contribution in [1.29, 1.82) is 0 Å². The maximum Gasteiger partial charge on any atom is 0.258 e. The van der Waals surface area contributed by atoms with Crippen LogP contribution in [0.15, 0.2) is 78.9 Å². The van der Waals surface area contributed by atoms with Crippen LogP contribution < -0.4 is 10.2 Å². The van der Waals surface area contributed by atoms with Crippen molar-refractivity contribution in [3.05, 3.63) is 84.4 Å². The maximum absolute atomic E-state index is 13.4. The molecule has 0 saturated carbocycles. The number of hydrogen-bond acceptors (Lipinski definition) is 3. The highest BCUT2D eigenvalue weighted by Crippen LogP contribution is 2.43. The van der Waals surface area contributed by atoms with Gasteiger partial charge in [0.15, 0.2) is 0 Å². The molecule has 1 N–H and O–H groups in total. The van der Waals surface area contributed by atoms with E-state index in [4.69, 9.17) is 0 Å². The molecule has 5 rings (SSSR count). The molecule has 0 aromatic heterocycles. The lowest BCUT2D eigenvalue weighted by molar-refractivity contribution is -0.120. The minimum absolute atomic E-state index is 0.0349. The van der Waals surface area contributed by atoms with Crippen LogP contribution in [0.4, 0.5) is 11.4 Å². The Morgan fingerprint density at radius 1 is 0.906 bits per heavy atom. The van der Waals surface area contributed by atoms with Gasteiger partial charge in [0.25, 0.3) is 5.91 Å². The van der Waals surface area contributed by atoms with E-state index in [0.717, 1.165) is 11.1 Å². The summed E-state index contributed by atoms with van der Waals surface area (Å²) in [5.74, 6) is -0.575. The van der Waals surface area contributed by atoms with E-state index >= 15 is 0 Å². The summed E-state index contributed by atoms with van der Waals surface area (Å²) in [6.07, 6.45) is 0.826. The number of carbonyl (C=O) groups is 3. The molecular weight excluding hydrogens is 402 g/mol. The van der Waals surface area contributed by atoms with Crippen molar-refractivity contribution in [3.63, 3.8) is 0 Å². The Morgan fingerprint density at radius 3 is 2.34 bits per heavy atom. The van der Waals surface area contributed by atoms with Gasteiger partial charge in [-0.1, -0.05) is 60.7 Å². The van der Waals surface area contributed by atoms with Crippen LogP contribution in [0.5, 0.6) is 0 Å². The molecule has 6 nitrogen and oxygen atoms in total. The Morgan fingerprint density at radius 2 is 1.56 bits per heavy atom. The number of nitrogens with one attached hydrogen (secondary N) is 1. The summed E-state index contributed by atoms with van der Waals surface area (Å²) in [5, 5.41) is 2.97. The molecule has 1 saturated heterocycles. The van der Waals surface area contributed by atoms with Gasteiger partial charge in [0, 0.05) is 17.7 Å². The van der Waals surface area contributed by atoms with E-state index in [1.807, 2.05) is 67.6 Å². The minimum Gasteiger partial charge on any atom is -0.324 e. The summed E-state index contributed by atoms with van der Waals surface area (Å²) in [6.45, 7) is 1.72. The number of rotatable bonds is 4. The number of anilines is 2. The molecule has 3 aromatic carbocycles. The van der Waals surface area contributed by atoms with Gasteiger partial charge in [-0.15, -0.1) is 0 Å². The Kier molecular flexibility index (Phi) is 4.78. The number of carbonyl (C=O) groups excluding carboxylic acids is 3. The quantitative estimate of drug-likeness (QED) is 0.678. The van der Waals surface area contributed by atoms with Gasteiger partial charge >= 0.3 is 0 Å². The van der Waals surface area contributed by atoms with Gasteiger partial charge in [-0.2, -0.15) is 0 Å². The molecule has 2 aliphatic rings. The number of fused-ring (bicyclic) bond motifs is 3. The molecule has 2 heterocycles. The fraction of sp³-hybridized carbons (Fsp3) is 0.192. The minimum atomic E-state index is -0.862. The number of para-hydroxylation sites is 2. The zero-order valence-corrected chi connectivity index (χ0v) is 17.7. The second kappa shape index (κ2) is 7.64. The lowest BCUT2D eigenvalue weighted by atomic mass is 9.98. The van der Waals surface area contributed by atoms with Gasteiger partial charge in [0.1, 0.15) is 12.2 Å². The first-order chi connectivity index (χ1) is 15.5. The number of hydrogen-bond donors (Lipinski definition) is 1. The number of nitrogens with zero attached hydrogens (tertiary/aromatic N) is 2. The van der Waals surface area contributed by atoms with Gasteiger partial charge in [-0.05, 0) is 37.1 Å². The first-order valence-electron chi connectivity index (χ1n) is 10.7. The van der Waals surface area contributed by atoms with Crippen molar-refractivity contribution in [3.8, 4) is 11.1 Å². The summed E-state index contributed by atoms with van der Waals surface area (Å²) in [6, 6.07) is 24.5. The highest BCUT2D eigenvalue weighted by atomic mass is 16.2. The first-order valence-corrected chi connectivity index (χ1v) is 10.7. The Bertz CT molecular complexity index is 1220.